The maximum atomic E-state index is 13.2. The van der Waals surface area contributed by atoms with E-state index in [2.05, 4.69) is 31.9 Å². The lowest BCUT2D eigenvalue weighted by Crippen LogP contribution is -2.31. The molecule has 1 unspecified atom stereocenters. The van der Waals surface area contributed by atoms with Gasteiger partial charge in [-0.2, -0.15) is 0 Å². The lowest BCUT2D eigenvalue weighted by atomic mass is 10.2. The first-order valence-electron chi connectivity index (χ1n) is 4.76. The predicted molar refractivity (Wildman–Crippen MR) is 69.4 cm³/mol. The first-order chi connectivity index (χ1) is 7.41. The van der Waals surface area contributed by atoms with Crippen molar-refractivity contribution < 1.29 is 9.18 Å². The van der Waals surface area contributed by atoms with E-state index in [9.17, 15) is 9.18 Å². The number of nitrogens with zero attached hydrogens (tertiary/aromatic N) is 1. The molecule has 0 radical (unpaired) electrons. The van der Waals surface area contributed by atoms with Crippen molar-refractivity contribution in [2.24, 2.45) is 0 Å². The number of benzene rings is 1. The Labute approximate surface area is 111 Å². The van der Waals surface area contributed by atoms with E-state index in [1.807, 2.05) is 6.92 Å². The minimum Gasteiger partial charge on any atom is -0.341 e. The fourth-order valence-electron chi connectivity index (χ4n) is 1.31. The lowest BCUT2D eigenvalue weighted by Gasteiger charge is -2.18. The van der Waals surface area contributed by atoms with Crippen LogP contribution in [0.2, 0.25) is 0 Å². The molecule has 2 nitrogen and oxygen atoms in total. The molecule has 0 bridgehead atoms. The maximum Gasteiger partial charge on any atom is 0.253 e. The summed E-state index contributed by atoms with van der Waals surface area (Å²) in [5.74, 6) is -0.608. The zero-order chi connectivity index (χ0) is 12.3. The monoisotopic (exact) mass is 351 g/mol. The second-order valence-electron chi connectivity index (χ2n) is 3.60. The Morgan fingerprint density at radius 3 is 2.69 bits per heavy atom. The summed E-state index contributed by atoms with van der Waals surface area (Å²) in [5, 5.41) is 0. The van der Waals surface area contributed by atoms with Gasteiger partial charge in [-0.25, -0.2) is 4.39 Å². The van der Waals surface area contributed by atoms with E-state index in [0.29, 0.717) is 16.6 Å². The molecular formula is C11H12Br2FNO. The molecule has 0 saturated heterocycles. The molecule has 5 heteroatoms. The van der Waals surface area contributed by atoms with Crippen molar-refractivity contribution in [1.29, 1.82) is 0 Å². The summed E-state index contributed by atoms with van der Waals surface area (Å²) in [5.41, 5.74) is 0.358. The van der Waals surface area contributed by atoms with E-state index in [0.717, 1.165) is 0 Å². The molecule has 88 valence electrons. The molecule has 0 saturated carbocycles. The zero-order valence-corrected chi connectivity index (χ0v) is 12.2. The highest BCUT2D eigenvalue weighted by Crippen LogP contribution is 2.17. The van der Waals surface area contributed by atoms with Crippen molar-refractivity contribution >= 4 is 37.8 Å². The molecular weight excluding hydrogens is 341 g/mol. The third kappa shape index (κ3) is 3.56. The standard InChI is InChI=1S/C11H12Br2FNO/c1-7(12)6-15(2)11(16)8-3-4-9(13)10(14)5-8/h3-5,7H,6H2,1-2H3. The quantitative estimate of drug-likeness (QED) is 0.763. The van der Waals surface area contributed by atoms with Crippen LogP contribution in [0.1, 0.15) is 17.3 Å². The number of alkyl halides is 1. The van der Waals surface area contributed by atoms with Gasteiger partial charge in [-0.3, -0.25) is 4.79 Å². The third-order valence-electron chi connectivity index (χ3n) is 2.04. The normalized spacial score (nSPS) is 12.3. The summed E-state index contributed by atoms with van der Waals surface area (Å²) in [6.07, 6.45) is 0. The van der Waals surface area contributed by atoms with Crippen molar-refractivity contribution in [3.8, 4) is 0 Å². The van der Waals surface area contributed by atoms with Crippen LogP contribution in [-0.4, -0.2) is 29.2 Å². The van der Waals surface area contributed by atoms with E-state index in [1.54, 1.807) is 18.0 Å². The number of carbonyl (C=O) groups excluding carboxylic acids is 1. The minimum atomic E-state index is -0.425. The predicted octanol–water partition coefficient (Wildman–Crippen LogP) is 3.44. The number of hydrogen-bond acceptors (Lipinski definition) is 1. The lowest BCUT2D eigenvalue weighted by molar-refractivity contribution is 0.0797. The fraction of sp³-hybridized carbons (Fsp3) is 0.364. The summed E-state index contributed by atoms with van der Waals surface area (Å²) in [7, 11) is 1.69. The molecule has 1 rings (SSSR count). The van der Waals surface area contributed by atoms with Gasteiger partial charge < -0.3 is 4.90 Å². The highest BCUT2D eigenvalue weighted by atomic mass is 79.9. The Morgan fingerprint density at radius 2 is 2.19 bits per heavy atom. The molecule has 1 aromatic rings. The average Bonchev–Trinajstić information content (AvgIpc) is 2.20. The Bertz CT molecular complexity index is 396. The fourth-order valence-corrected chi connectivity index (χ4v) is 1.99. The van der Waals surface area contributed by atoms with Gasteiger partial charge >= 0.3 is 0 Å². The van der Waals surface area contributed by atoms with E-state index < -0.39 is 5.82 Å². The largest absolute Gasteiger partial charge is 0.341 e. The third-order valence-corrected chi connectivity index (χ3v) is 2.97. The van der Waals surface area contributed by atoms with Gasteiger partial charge in [0.1, 0.15) is 5.82 Å². The van der Waals surface area contributed by atoms with Gasteiger partial charge in [-0.15, -0.1) is 0 Å². The van der Waals surface area contributed by atoms with Crippen LogP contribution in [0.5, 0.6) is 0 Å². The first-order valence-corrected chi connectivity index (χ1v) is 6.47. The summed E-state index contributed by atoms with van der Waals surface area (Å²) in [6.45, 7) is 2.53. The SMILES string of the molecule is CC(Br)CN(C)C(=O)c1ccc(Br)c(F)c1. The summed E-state index contributed by atoms with van der Waals surface area (Å²) in [6, 6.07) is 4.38. The molecule has 0 spiro atoms. The van der Waals surface area contributed by atoms with Crippen LogP contribution in [0.3, 0.4) is 0 Å². The molecule has 16 heavy (non-hydrogen) atoms. The molecule has 0 heterocycles. The van der Waals surface area contributed by atoms with E-state index >= 15 is 0 Å². The van der Waals surface area contributed by atoms with Crippen molar-refractivity contribution in [3.63, 3.8) is 0 Å². The van der Waals surface area contributed by atoms with Crippen LogP contribution < -0.4 is 0 Å². The van der Waals surface area contributed by atoms with Crippen LogP contribution >= 0.6 is 31.9 Å². The van der Waals surface area contributed by atoms with Gasteiger partial charge in [0.05, 0.1) is 4.47 Å². The van der Waals surface area contributed by atoms with Gasteiger partial charge in [0.25, 0.3) is 5.91 Å². The molecule has 1 atom stereocenters. The Kier molecular flexibility index (Phi) is 4.92. The molecule has 0 aliphatic carbocycles. The molecule has 0 aliphatic heterocycles. The van der Waals surface area contributed by atoms with Gasteiger partial charge in [0.2, 0.25) is 0 Å². The van der Waals surface area contributed by atoms with Crippen molar-refractivity contribution in [2.45, 2.75) is 11.8 Å². The highest BCUT2D eigenvalue weighted by molar-refractivity contribution is 9.10. The summed E-state index contributed by atoms with van der Waals surface area (Å²) >= 11 is 6.41. The Morgan fingerprint density at radius 1 is 1.56 bits per heavy atom. The minimum absolute atomic E-state index is 0.183. The highest BCUT2D eigenvalue weighted by Gasteiger charge is 2.14. The van der Waals surface area contributed by atoms with E-state index in [4.69, 9.17) is 0 Å². The molecule has 0 aliphatic rings. The van der Waals surface area contributed by atoms with Gasteiger partial charge in [0.15, 0.2) is 0 Å². The van der Waals surface area contributed by atoms with Crippen molar-refractivity contribution in [1.82, 2.24) is 4.90 Å². The topological polar surface area (TPSA) is 20.3 Å². The van der Waals surface area contributed by atoms with Crippen molar-refractivity contribution in [3.05, 3.63) is 34.1 Å². The van der Waals surface area contributed by atoms with Crippen LogP contribution in [0.4, 0.5) is 4.39 Å². The molecule has 0 N–H and O–H groups in total. The maximum absolute atomic E-state index is 13.2. The van der Waals surface area contributed by atoms with Gasteiger partial charge in [0, 0.05) is 24.0 Å². The summed E-state index contributed by atoms with van der Waals surface area (Å²) < 4.78 is 13.6. The van der Waals surface area contributed by atoms with Crippen molar-refractivity contribution in [2.75, 3.05) is 13.6 Å². The Hall–Kier alpha value is -0.420. The molecule has 1 amide bonds. The molecule has 0 fully saturated rings. The van der Waals surface area contributed by atoms with Crippen LogP contribution in [-0.2, 0) is 0 Å². The second-order valence-corrected chi connectivity index (χ2v) is 6.01. The van der Waals surface area contributed by atoms with Crippen LogP contribution in [0.15, 0.2) is 22.7 Å². The Balaban J connectivity index is 2.84. The van der Waals surface area contributed by atoms with Gasteiger partial charge in [-0.05, 0) is 34.1 Å². The number of carbonyl (C=O) groups is 1. The number of hydrogen-bond donors (Lipinski definition) is 0. The van der Waals surface area contributed by atoms with E-state index in [-0.39, 0.29) is 10.7 Å². The van der Waals surface area contributed by atoms with E-state index in [1.165, 1.54) is 12.1 Å². The smallest absolute Gasteiger partial charge is 0.253 e. The zero-order valence-electron chi connectivity index (χ0n) is 9.01. The van der Waals surface area contributed by atoms with Gasteiger partial charge in [-0.1, -0.05) is 22.9 Å². The number of amides is 1. The average molecular weight is 353 g/mol. The molecule has 1 aromatic carbocycles. The second kappa shape index (κ2) is 5.77. The van der Waals surface area contributed by atoms with Crippen LogP contribution in [0.25, 0.3) is 0 Å². The number of rotatable bonds is 3. The first kappa shape index (κ1) is 13.6. The number of halogens is 3. The molecule has 0 aromatic heterocycles. The van der Waals surface area contributed by atoms with Crippen LogP contribution in [0, 0.1) is 5.82 Å². The summed E-state index contributed by atoms with van der Waals surface area (Å²) in [4.78, 5) is 13.6.